The number of hydrogen-bond donors (Lipinski definition) is 1. The fraction of sp³-hybridized carbons (Fsp3) is 0.267. The van der Waals surface area contributed by atoms with E-state index in [0.29, 0.717) is 18.1 Å². The molecule has 0 aliphatic heterocycles. The molecule has 3 aromatic rings. The SMILES string of the molecule is Cc1nc2ncnn2c(NCCS(=O)c2ccccc2)c1C. The van der Waals surface area contributed by atoms with E-state index in [1.54, 1.807) is 4.52 Å². The maximum atomic E-state index is 12.2. The number of fused-ring (bicyclic) bond motifs is 1. The Labute approximate surface area is 131 Å². The van der Waals surface area contributed by atoms with Crippen LogP contribution in [-0.2, 0) is 10.8 Å². The largest absolute Gasteiger partial charge is 0.369 e. The van der Waals surface area contributed by atoms with Crippen molar-refractivity contribution in [1.29, 1.82) is 0 Å². The van der Waals surface area contributed by atoms with Crippen molar-refractivity contribution in [3.05, 3.63) is 47.9 Å². The Bertz CT molecular complexity index is 815. The molecule has 2 aromatic heterocycles. The number of rotatable bonds is 5. The van der Waals surface area contributed by atoms with E-state index < -0.39 is 10.8 Å². The summed E-state index contributed by atoms with van der Waals surface area (Å²) in [5.74, 6) is 1.95. The summed E-state index contributed by atoms with van der Waals surface area (Å²) in [6.45, 7) is 4.51. The van der Waals surface area contributed by atoms with Crippen LogP contribution in [0.2, 0.25) is 0 Å². The summed E-state index contributed by atoms with van der Waals surface area (Å²) in [5.41, 5.74) is 1.93. The standard InChI is InChI=1S/C15H17N5OS/c1-11-12(2)19-15-17-10-18-20(15)14(11)16-8-9-22(21)13-6-4-3-5-7-13/h3-7,10,16H,8-9H2,1-2H3. The van der Waals surface area contributed by atoms with Gasteiger partial charge in [0.2, 0.25) is 0 Å². The highest BCUT2D eigenvalue weighted by Crippen LogP contribution is 2.17. The molecule has 0 spiro atoms. The van der Waals surface area contributed by atoms with Crippen molar-refractivity contribution in [2.45, 2.75) is 18.7 Å². The summed E-state index contributed by atoms with van der Waals surface area (Å²) in [6.07, 6.45) is 1.48. The molecule has 0 radical (unpaired) electrons. The Balaban J connectivity index is 1.73. The lowest BCUT2D eigenvalue weighted by atomic mass is 10.2. The van der Waals surface area contributed by atoms with Crippen LogP contribution in [0, 0.1) is 13.8 Å². The van der Waals surface area contributed by atoms with Crippen molar-refractivity contribution in [1.82, 2.24) is 19.6 Å². The Morgan fingerprint density at radius 3 is 2.77 bits per heavy atom. The van der Waals surface area contributed by atoms with Gasteiger partial charge in [-0.15, -0.1) is 0 Å². The summed E-state index contributed by atoms with van der Waals surface area (Å²) < 4.78 is 13.9. The first-order valence-corrected chi connectivity index (χ1v) is 8.33. The van der Waals surface area contributed by atoms with Crippen LogP contribution in [-0.4, -0.2) is 36.1 Å². The van der Waals surface area contributed by atoms with Gasteiger partial charge in [-0.1, -0.05) is 18.2 Å². The van der Waals surface area contributed by atoms with Crippen LogP contribution in [0.5, 0.6) is 0 Å². The summed E-state index contributed by atoms with van der Waals surface area (Å²) in [6, 6.07) is 9.48. The second kappa shape index (κ2) is 6.23. The summed E-state index contributed by atoms with van der Waals surface area (Å²) in [7, 11) is -1.02. The smallest absolute Gasteiger partial charge is 0.254 e. The number of aryl methyl sites for hydroxylation is 1. The Kier molecular flexibility index (Phi) is 4.15. The normalized spacial score (nSPS) is 12.5. The summed E-state index contributed by atoms with van der Waals surface area (Å²) in [5, 5.41) is 7.49. The molecule has 1 aromatic carbocycles. The van der Waals surface area contributed by atoms with Crippen LogP contribution in [0.1, 0.15) is 11.3 Å². The lowest BCUT2D eigenvalue weighted by Crippen LogP contribution is -2.15. The Hall–Kier alpha value is -2.28. The van der Waals surface area contributed by atoms with E-state index in [0.717, 1.165) is 22.0 Å². The van der Waals surface area contributed by atoms with E-state index in [1.165, 1.54) is 6.33 Å². The predicted octanol–water partition coefficient (Wildman–Crippen LogP) is 1.96. The monoisotopic (exact) mass is 315 g/mol. The molecule has 22 heavy (non-hydrogen) atoms. The number of nitrogens with zero attached hydrogens (tertiary/aromatic N) is 4. The minimum atomic E-state index is -1.02. The molecule has 0 bridgehead atoms. The third-order valence-corrected chi connectivity index (χ3v) is 4.87. The zero-order chi connectivity index (χ0) is 15.5. The maximum Gasteiger partial charge on any atom is 0.254 e. The van der Waals surface area contributed by atoms with E-state index in [-0.39, 0.29) is 0 Å². The van der Waals surface area contributed by atoms with Gasteiger partial charge in [-0.3, -0.25) is 4.21 Å². The van der Waals surface area contributed by atoms with Crippen molar-refractivity contribution >= 4 is 22.4 Å². The number of benzene rings is 1. The first-order chi connectivity index (χ1) is 10.7. The van der Waals surface area contributed by atoms with Gasteiger partial charge in [-0.05, 0) is 26.0 Å². The van der Waals surface area contributed by atoms with Gasteiger partial charge >= 0.3 is 0 Å². The van der Waals surface area contributed by atoms with Crippen molar-refractivity contribution in [3.8, 4) is 0 Å². The molecule has 0 fully saturated rings. The molecule has 0 aliphatic carbocycles. The summed E-state index contributed by atoms with van der Waals surface area (Å²) >= 11 is 0. The van der Waals surface area contributed by atoms with Gasteiger partial charge < -0.3 is 5.32 Å². The van der Waals surface area contributed by atoms with E-state index in [1.807, 2.05) is 44.2 Å². The van der Waals surface area contributed by atoms with Gasteiger partial charge in [0.05, 0.1) is 10.8 Å². The molecule has 0 saturated heterocycles. The van der Waals surface area contributed by atoms with Crippen molar-refractivity contribution in [2.24, 2.45) is 0 Å². The highest BCUT2D eigenvalue weighted by atomic mass is 32.2. The van der Waals surface area contributed by atoms with Gasteiger partial charge in [0.1, 0.15) is 12.1 Å². The van der Waals surface area contributed by atoms with Crippen molar-refractivity contribution < 1.29 is 4.21 Å². The Morgan fingerprint density at radius 1 is 1.23 bits per heavy atom. The highest BCUT2D eigenvalue weighted by molar-refractivity contribution is 7.85. The fourth-order valence-electron chi connectivity index (χ4n) is 2.19. The first kappa shape index (κ1) is 14.6. The molecule has 0 saturated carbocycles. The lowest BCUT2D eigenvalue weighted by Gasteiger charge is -2.12. The van der Waals surface area contributed by atoms with Crippen molar-refractivity contribution in [3.63, 3.8) is 0 Å². The number of hydrogen-bond acceptors (Lipinski definition) is 5. The molecule has 0 aliphatic rings. The van der Waals surface area contributed by atoms with Gasteiger partial charge in [0.15, 0.2) is 0 Å². The van der Waals surface area contributed by atoms with Crippen molar-refractivity contribution in [2.75, 3.05) is 17.6 Å². The zero-order valence-corrected chi connectivity index (χ0v) is 13.3. The minimum Gasteiger partial charge on any atom is -0.369 e. The molecular formula is C15H17N5OS. The molecular weight excluding hydrogens is 298 g/mol. The maximum absolute atomic E-state index is 12.2. The number of aromatic nitrogens is 4. The van der Waals surface area contributed by atoms with Crippen LogP contribution in [0.25, 0.3) is 5.78 Å². The topological polar surface area (TPSA) is 72.2 Å². The quantitative estimate of drug-likeness (QED) is 0.779. The second-order valence-electron chi connectivity index (χ2n) is 4.93. The van der Waals surface area contributed by atoms with Crippen LogP contribution >= 0.6 is 0 Å². The third kappa shape index (κ3) is 2.85. The first-order valence-electron chi connectivity index (χ1n) is 7.01. The molecule has 1 atom stereocenters. The van der Waals surface area contributed by atoms with Crippen LogP contribution in [0.3, 0.4) is 0 Å². The predicted molar refractivity (Wildman–Crippen MR) is 86.5 cm³/mol. The number of nitrogens with one attached hydrogen (secondary N) is 1. The van der Waals surface area contributed by atoms with E-state index in [2.05, 4.69) is 20.4 Å². The van der Waals surface area contributed by atoms with Gasteiger partial charge in [-0.25, -0.2) is 4.98 Å². The van der Waals surface area contributed by atoms with E-state index >= 15 is 0 Å². The molecule has 0 amide bonds. The molecule has 3 rings (SSSR count). The van der Waals surface area contributed by atoms with Crippen LogP contribution < -0.4 is 5.32 Å². The average molecular weight is 315 g/mol. The molecule has 1 unspecified atom stereocenters. The molecule has 2 heterocycles. The molecule has 7 heteroatoms. The fourth-order valence-corrected chi connectivity index (χ4v) is 3.18. The van der Waals surface area contributed by atoms with E-state index in [4.69, 9.17) is 0 Å². The van der Waals surface area contributed by atoms with Gasteiger partial charge in [0, 0.05) is 28.5 Å². The van der Waals surface area contributed by atoms with E-state index in [9.17, 15) is 4.21 Å². The molecule has 114 valence electrons. The average Bonchev–Trinajstić information content (AvgIpc) is 2.99. The highest BCUT2D eigenvalue weighted by Gasteiger charge is 2.11. The molecule has 6 nitrogen and oxygen atoms in total. The van der Waals surface area contributed by atoms with Crippen LogP contribution in [0.4, 0.5) is 5.82 Å². The minimum absolute atomic E-state index is 0.529. The van der Waals surface area contributed by atoms with Crippen LogP contribution in [0.15, 0.2) is 41.6 Å². The Morgan fingerprint density at radius 2 is 2.00 bits per heavy atom. The summed E-state index contributed by atoms with van der Waals surface area (Å²) in [4.78, 5) is 9.33. The number of anilines is 1. The zero-order valence-electron chi connectivity index (χ0n) is 12.5. The van der Waals surface area contributed by atoms with Gasteiger partial charge in [0.25, 0.3) is 5.78 Å². The molecule has 1 N–H and O–H groups in total. The second-order valence-corrected chi connectivity index (χ2v) is 6.50. The van der Waals surface area contributed by atoms with Gasteiger partial charge in [-0.2, -0.15) is 14.6 Å². The third-order valence-electron chi connectivity index (χ3n) is 3.49. The lowest BCUT2D eigenvalue weighted by molar-refractivity contribution is 0.683.